The van der Waals surface area contributed by atoms with Gasteiger partial charge >= 0.3 is 0 Å². The molecule has 1 aromatic heterocycles. The van der Waals surface area contributed by atoms with Crippen LogP contribution in [0, 0.1) is 6.92 Å². The number of hydrogen-bond donors (Lipinski definition) is 0. The Hall–Kier alpha value is -2.15. The van der Waals surface area contributed by atoms with Crippen LogP contribution in [-0.4, -0.2) is 0 Å². The second-order valence-corrected chi connectivity index (χ2v) is 8.63. The van der Waals surface area contributed by atoms with E-state index in [1.165, 1.54) is 71.7 Å². The van der Waals surface area contributed by atoms with Crippen molar-refractivity contribution in [3.8, 4) is 11.3 Å². The van der Waals surface area contributed by atoms with Crippen LogP contribution in [0.25, 0.3) is 22.0 Å². The van der Waals surface area contributed by atoms with Gasteiger partial charge in [0.1, 0.15) is 6.54 Å². The average molecular weight is 373 g/mol. The molecule has 2 aromatic carbocycles. The number of fused-ring (bicyclic) bond motifs is 5. The summed E-state index contributed by atoms with van der Waals surface area (Å²) in [4.78, 5) is 0. The lowest BCUT2D eigenvalue weighted by molar-refractivity contribution is -0.685. The molecule has 0 spiro atoms. The van der Waals surface area contributed by atoms with Crippen molar-refractivity contribution in [2.45, 2.75) is 78.2 Å². The van der Waals surface area contributed by atoms with Crippen LogP contribution >= 0.6 is 0 Å². The molecular weight excluding hydrogens is 338 g/mol. The number of rotatable bonds is 5. The monoisotopic (exact) mass is 372 g/mol. The molecule has 0 saturated carbocycles. The summed E-state index contributed by atoms with van der Waals surface area (Å²) in [5, 5.41) is 2.86. The van der Waals surface area contributed by atoms with Gasteiger partial charge in [0.05, 0.1) is 10.9 Å². The van der Waals surface area contributed by atoms with E-state index in [1.807, 2.05) is 0 Å². The Kier molecular flexibility index (Phi) is 5.27. The lowest BCUT2D eigenvalue weighted by atomic mass is 9.71. The van der Waals surface area contributed by atoms with Gasteiger partial charge in [-0.2, -0.15) is 4.57 Å². The van der Waals surface area contributed by atoms with Gasteiger partial charge in [0.2, 0.25) is 5.69 Å². The van der Waals surface area contributed by atoms with Gasteiger partial charge in [-0.05, 0) is 61.3 Å². The summed E-state index contributed by atoms with van der Waals surface area (Å²) in [5.41, 5.74) is 7.57. The highest BCUT2D eigenvalue weighted by molar-refractivity contribution is 5.96. The number of unbranched alkanes of at least 4 members (excludes halogenated alkanes) is 1. The SMILES string of the molecule is CCCCc1cccc2c3[n+](ccc12)CCC(CC)(CC)c1ccc(C)cc1-3. The summed E-state index contributed by atoms with van der Waals surface area (Å²) in [6, 6.07) is 16.5. The van der Waals surface area contributed by atoms with Crippen molar-refractivity contribution in [1.82, 2.24) is 0 Å². The zero-order valence-corrected chi connectivity index (χ0v) is 18.0. The number of pyridine rings is 1. The van der Waals surface area contributed by atoms with E-state index in [0.717, 1.165) is 6.54 Å². The Labute approximate surface area is 170 Å². The van der Waals surface area contributed by atoms with Gasteiger partial charge in [0.25, 0.3) is 0 Å². The molecule has 3 aromatic rings. The van der Waals surface area contributed by atoms with Crippen molar-refractivity contribution in [3.63, 3.8) is 0 Å². The molecule has 0 saturated heterocycles. The van der Waals surface area contributed by atoms with Crippen molar-refractivity contribution in [2.24, 2.45) is 0 Å². The summed E-state index contributed by atoms with van der Waals surface area (Å²) in [7, 11) is 0. The van der Waals surface area contributed by atoms with Gasteiger partial charge in [-0.3, -0.25) is 0 Å². The molecular formula is C27H34N+. The molecule has 0 aliphatic carbocycles. The van der Waals surface area contributed by atoms with Crippen molar-refractivity contribution in [2.75, 3.05) is 0 Å². The second-order valence-electron chi connectivity index (χ2n) is 8.63. The lowest BCUT2D eigenvalue weighted by Gasteiger charge is -2.31. The largest absolute Gasteiger partial charge is 0.220 e. The molecule has 0 amide bonds. The fourth-order valence-electron chi connectivity index (χ4n) is 5.25. The fourth-order valence-corrected chi connectivity index (χ4v) is 5.25. The van der Waals surface area contributed by atoms with E-state index in [0.29, 0.717) is 0 Å². The molecule has 0 atom stereocenters. The maximum atomic E-state index is 2.53. The Morgan fingerprint density at radius 2 is 1.79 bits per heavy atom. The van der Waals surface area contributed by atoms with Crippen LogP contribution in [0.4, 0.5) is 0 Å². The molecule has 1 aliphatic rings. The van der Waals surface area contributed by atoms with Gasteiger partial charge in [-0.25, -0.2) is 0 Å². The first-order chi connectivity index (χ1) is 13.6. The van der Waals surface area contributed by atoms with Crippen LogP contribution in [0.15, 0.2) is 48.7 Å². The van der Waals surface area contributed by atoms with E-state index in [9.17, 15) is 0 Å². The topological polar surface area (TPSA) is 3.88 Å². The van der Waals surface area contributed by atoms with Crippen LogP contribution in [0.2, 0.25) is 0 Å². The summed E-state index contributed by atoms with van der Waals surface area (Å²) in [5.74, 6) is 0. The Morgan fingerprint density at radius 1 is 0.964 bits per heavy atom. The number of benzene rings is 2. The smallest absolute Gasteiger partial charge is 0.198 e. The summed E-state index contributed by atoms with van der Waals surface area (Å²) in [6.07, 6.45) is 9.64. The van der Waals surface area contributed by atoms with Crippen LogP contribution in [0.5, 0.6) is 0 Å². The zero-order valence-electron chi connectivity index (χ0n) is 18.0. The van der Waals surface area contributed by atoms with E-state index in [-0.39, 0.29) is 5.41 Å². The summed E-state index contributed by atoms with van der Waals surface area (Å²) in [6.45, 7) is 10.3. The zero-order chi connectivity index (χ0) is 19.7. The van der Waals surface area contributed by atoms with Crippen LogP contribution in [0.1, 0.15) is 69.6 Å². The highest BCUT2D eigenvalue weighted by atomic mass is 15.0. The third-order valence-corrected chi connectivity index (χ3v) is 7.15. The van der Waals surface area contributed by atoms with Crippen LogP contribution in [0.3, 0.4) is 0 Å². The molecule has 146 valence electrons. The molecule has 0 fully saturated rings. The predicted octanol–water partition coefficient (Wildman–Crippen LogP) is 6.91. The number of nitrogens with zero attached hydrogens (tertiary/aromatic N) is 1. The average Bonchev–Trinajstić information content (AvgIpc) is 2.86. The summed E-state index contributed by atoms with van der Waals surface area (Å²) < 4.78 is 2.53. The third kappa shape index (κ3) is 3.05. The van der Waals surface area contributed by atoms with Crippen LogP contribution in [-0.2, 0) is 18.4 Å². The van der Waals surface area contributed by atoms with Crippen molar-refractivity contribution >= 4 is 10.8 Å². The van der Waals surface area contributed by atoms with Crippen molar-refractivity contribution < 1.29 is 4.57 Å². The quantitative estimate of drug-likeness (QED) is 0.429. The minimum atomic E-state index is 0.279. The first-order valence-corrected chi connectivity index (χ1v) is 11.2. The van der Waals surface area contributed by atoms with Gasteiger partial charge in [-0.15, -0.1) is 0 Å². The van der Waals surface area contributed by atoms with Crippen molar-refractivity contribution in [1.29, 1.82) is 0 Å². The maximum Gasteiger partial charge on any atom is 0.220 e. The van der Waals surface area contributed by atoms with Crippen LogP contribution < -0.4 is 4.57 Å². The highest BCUT2D eigenvalue weighted by Gasteiger charge is 2.37. The van der Waals surface area contributed by atoms with Gasteiger partial charge in [-0.1, -0.05) is 57.0 Å². The van der Waals surface area contributed by atoms with Crippen molar-refractivity contribution in [3.05, 3.63) is 65.4 Å². The molecule has 0 radical (unpaired) electrons. The van der Waals surface area contributed by atoms with Gasteiger partial charge < -0.3 is 0 Å². The third-order valence-electron chi connectivity index (χ3n) is 7.15. The van der Waals surface area contributed by atoms with E-state index in [4.69, 9.17) is 0 Å². The molecule has 1 heteroatoms. The first-order valence-electron chi connectivity index (χ1n) is 11.2. The fraction of sp³-hybridized carbons (Fsp3) is 0.444. The second kappa shape index (κ2) is 7.70. The highest BCUT2D eigenvalue weighted by Crippen LogP contribution is 2.44. The Balaban J connectivity index is 2.03. The standard InChI is InChI=1S/C27H34N/c1-5-8-10-21-11-9-12-23-22(21)15-17-28-18-16-27(6-2,7-3)25-14-13-20(4)19-24(25)26(23)28/h9,11-15,17,19H,5-8,10,16,18H2,1-4H3/q+1. The lowest BCUT2D eigenvalue weighted by Crippen LogP contribution is -2.37. The molecule has 0 unspecified atom stereocenters. The Bertz CT molecular complexity index is 995. The molecule has 1 nitrogen and oxygen atoms in total. The predicted molar refractivity (Wildman–Crippen MR) is 120 cm³/mol. The first kappa shape index (κ1) is 19.2. The summed E-state index contributed by atoms with van der Waals surface area (Å²) >= 11 is 0. The molecule has 28 heavy (non-hydrogen) atoms. The number of aromatic nitrogens is 1. The van der Waals surface area contributed by atoms with Gasteiger partial charge in [0, 0.05) is 17.9 Å². The van der Waals surface area contributed by atoms with E-state index in [1.54, 1.807) is 5.56 Å². The molecule has 1 aliphatic heterocycles. The number of aryl methyl sites for hydroxylation is 3. The van der Waals surface area contributed by atoms with E-state index >= 15 is 0 Å². The van der Waals surface area contributed by atoms with E-state index < -0.39 is 0 Å². The Morgan fingerprint density at radius 3 is 2.54 bits per heavy atom. The minimum Gasteiger partial charge on any atom is -0.198 e. The normalized spacial score (nSPS) is 15.1. The molecule has 0 N–H and O–H groups in total. The minimum absolute atomic E-state index is 0.279. The van der Waals surface area contributed by atoms with Gasteiger partial charge in [0.15, 0.2) is 6.20 Å². The number of hydrogen-bond acceptors (Lipinski definition) is 0. The molecule has 4 rings (SSSR count). The molecule has 0 bridgehead atoms. The maximum absolute atomic E-state index is 2.53. The molecule has 2 heterocycles. The van der Waals surface area contributed by atoms with E-state index in [2.05, 4.69) is 80.9 Å².